The number of anilines is 1. The maximum absolute atomic E-state index is 12.7. The van der Waals surface area contributed by atoms with Crippen molar-refractivity contribution in [3.05, 3.63) is 47.5 Å². The summed E-state index contributed by atoms with van der Waals surface area (Å²) in [4.78, 5) is 24.0. The highest BCUT2D eigenvalue weighted by atomic mass is 16.5. The summed E-state index contributed by atoms with van der Waals surface area (Å²) in [5.41, 5.74) is 1.32. The number of hydrogen-bond donors (Lipinski definition) is 2. The number of benzene rings is 2. The van der Waals surface area contributed by atoms with Crippen LogP contribution >= 0.6 is 0 Å². The van der Waals surface area contributed by atoms with E-state index in [4.69, 9.17) is 14.2 Å². The normalized spacial score (nSPS) is 17.7. The highest BCUT2D eigenvalue weighted by Gasteiger charge is 2.44. The van der Waals surface area contributed by atoms with Gasteiger partial charge in [0.2, 0.25) is 5.91 Å². The van der Waals surface area contributed by atoms with Crippen LogP contribution < -0.4 is 19.5 Å². The molecule has 0 saturated heterocycles. The van der Waals surface area contributed by atoms with Crippen LogP contribution in [0.4, 0.5) is 5.69 Å². The third-order valence-electron chi connectivity index (χ3n) is 4.63. The summed E-state index contributed by atoms with van der Waals surface area (Å²) >= 11 is 0. The second-order valence-corrected chi connectivity index (χ2v) is 6.28. The SMILES string of the molecule is COc1cccc(C2CC2C(=O)Nc2cc(C(=O)O)cc(OC)c2OC)c1. The van der Waals surface area contributed by atoms with Gasteiger partial charge in [0.1, 0.15) is 5.75 Å². The summed E-state index contributed by atoms with van der Waals surface area (Å²) in [6.07, 6.45) is 0.719. The molecule has 0 aliphatic heterocycles. The first-order chi connectivity index (χ1) is 13.0. The number of methoxy groups -OCH3 is 3. The van der Waals surface area contributed by atoms with Crippen molar-refractivity contribution in [2.45, 2.75) is 12.3 Å². The summed E-state index contributed by atoms with van der Waals surface area (Å²) in [7, 11) is 4.45. The highest BCUT2D eigenvalue weighted by Crippen LogP contribution is 2.49. The Morgan fingerprint density at radius 3 is 2.48 bits per heavy atom. The van der Waals surface area contributed by atoms with E-state index in [9.17, 15) is 14.7 Å². The Labute approximate surface area is 156 Å². The number of carbonyl (C=O) groups excluding carboxylic acids is 1. The van der Waals surface area contributed by atoms with Gasteiger partial charge in [-0.2, -0.15) is 0 Å². The van der Waals surface area contributed by atoms with Crippen molar-refractivity contribution in [1.82, 2.24) is 0 Å². The molecule has 2 aromatic carbocycles. The largest absolute Gasteiger partial charge is 0.497 e. The van der Waals surface area contributed by atoms with Gasteiger partial charge in [-0.05, 0) is 42.2 Å². The summed E-state index contributed by atoms with van der Waals surface area (Å²) < 4.78 is 15.7. The molecule has 0 heterocycles. The van der Waals surface area contributed by atoms with E-state index in [1.54, 1.807) is 7.11 Å². The van der Waals surface area contributed by atoms with E-state index < -0.39 is 5.97 Å². The minimum atomic E-state index is -1.12. The van der Waals surface area contributed by atoms with Crippen LogP contribution in [0.5, 0.6) is 17.2 Å². The third kappa shape index (κ3) is 3.81. The van der Waals surface area contributed by atoms with Crippen molar-refractivity contribution in [3.63, 3.8) is 0 Å². The zero-order chi connectivity index (χ0) is 19.6. The van der Waals surface area contributed by atoms with E-state index in [2.05, 4.69) is 5.32 Å². The number of nitrogens with one attached hydrogen (secondary N) is 1. The Bertz CT molecular complexity index is 879. The van der Waals surface area contributed by atoms with Gasteiger partial charge in [0.15, 0.2) is 11.5 Å². The number of ether oxygens (including phenoxy) is 3. The van der Waals surface area contributed by atoms with Gasteiger partial charge >= 0.3 is 5.97 Å². The lowest BCUT2D eigenvalue weighted by Crippen LogP contribution is -2.16. The fraction of sp³-hybridized carbons (Fsp3) is 0.300. The van der Waals surface area contributed by atoms with Gasteiger partial charge in [0.05, 0.1) is 32.6 Å². The Morgan fingerprint density at radius 2 is 1.85 bits per heavy atom. The van der Waals surface area contributed by atoms with Gasteiger partial charge in [-0.3, -0.25) is 4.79 Å². The summed E-state index contributed by atoms with van der Waals surface area (Å²) in [5.74, 6) is -0.115. The van der Waals surface area contributed by atoms with Crippen molar-refractivity contribution in [2.24, 2.45) is 5.92 Å². The van der Waals surface area contributed by atoms with Crippen LogP contribution in [0, 0.1) is 5.92 Å². The fourth-order valence-electron chi connectivity index (χ4n) is 3.13. The molecule has 0 bridgehead atoms. The summed E-state index contributed by atoms with van der Waals surface area (Å²) in [6.45, 7) is 0. The minimum Gasteiger partial charge on any atom is -0.497 e. The molecule has 1 aliphatic rings. The number of aromatic carboxylic acids is 1. The molecule has 1 aliphatic carbocycles. The fourth-order valence-corrected chi connectivity index (χ4v) is 3.13. The average molecular weight is 371 g/mol. The first kappa shape index (κ1) is 18.6. The standard InChI is InChI=1S/C20H21NO6/c1-25-13-6-4-5-11(7-13)14-10-15(14)19(22)21-16-8-12(20(23)24)9-17(26-2)18(16)27-3/h4-9,14-15H,10H2,1-3H3,(H,21,22)(H,23,24). The topological polar surface area (TPSA) is 94.1 Å². The van der Waals surface area contributed by atoms with E-state index in [0.29, 0.717) is 0 Å². The Hall–Kier alpha value is -3.22. The zero-order valence-corrected chi connectivity index (χ0v) is 15.3. The van der Waals surface area contributed by atoms with Crippen LogP contribution in [0.25, 0.3) is 0 Å². The number of rotatable bonds is 7. The van der Waals surface area contributed by atoms with Crippen LogP contribution in [0.15, 0.2) is 36.4 Å². The molecule has 1 saturated carbocycles. The molecule has 2 atom stereocenters. The Kier molecular flexibility index (Phi) is 5.21. The molecule has 27 heavy (non-hydrogen) atoms. The lowest BCUT2D eigenvalue weighted by atomic mass is 10.1. The third-order valence-corrected chi connectivity index (χ3v) is 4.63. The van der Waals surface area contributed by atoms with Crippen molar-refractivity contribution in [1.29, 1.82) is 0 Å². The number of carbonyl (C=O) groups is 2. The van der Waals surface area contributed by atoms with Crippen molar-refractivity contribution >= 4 is 17.6 Å². The van der Waals surface area contributed by atoms with E-state index >= 15 is 0 Å². The predicted molar refractivity (Wildman–Crippen MR) is 99.0 cm³/mol. The lowest BCUT2D eigenvalue weighted by Gasteiger charge is -2.15. The van der Waals surface area contributed by atoms with E-state index in [1.165, 1.54) is 26.4 Å². The Balaban J connectivity index is 1.80. The molecule has 142 valence electrons. The molecule has 2 aromatic rings. The monoisotopic (exact) mass is 371 g/mol. The molecule has 3 rings (SSSR count). The molecule has 0 aromatic heterocycles. The van der Waals surface area contributed by atoms with Crippen LogP contribution in [-0.4, -0.2) is 38.3 Å². The summed E-state index contributed by atoms with van der Waals surface area (Å²) in [5, 5.41) is 12.1. The molecule has 0 radical (unpaired) electrons. The zero-order valence-electron chi connectivity index (χ0n) is 15.3. The molecule has 7 nitrogen and oxygen atoms in total. The molecule has 1 amide bonds. The van der Waals surface area contributed by atoms with E-state index in [1.807, 2.05) is 24.3 Å². The lowest BCUT2D eigenvalue weighted by molar-refractivity contribution is -0.117. The van der Waals surface area contributed by atoms with Gasteiger partial charge in [-0.15, -0.1) is 0 Å². The second-order valence-electron chi connectivity index (χ2n) is 6.28. The van der Waals surface area contributed by atoms with Crippen molar-refractivity contribution in [3.8, 4) is 17.2 Å². The number of amides is 1. The molecule has 2 unspecified atom stereocenters. The van der Waals surface area contributed by atoms with Crippen LogP contribution in [0.3, 0.4) is 0 Å². The maximum atomic E-state index is 12.7. The van der Waals surface area contributed by atoms with Crippen LogP contribution in [0.2, 0.25) is 0 Å². The Morgan fingerprint density at radius 1 is 1.07 bits per heavy atom. The van der Waals surface area contributed by atoms with Crippen LogP contribution in [0.1, 0.15) is 28.3 Å². The molecule has 1 fully saturated rings. The smallest absolute Gasteiger partial charge is 0.335 e. The van der Waals surface area contributed by atoms with Crippen molar-refractivity contribution in [2.75, 3.05) is 26.6 Å². The summed E-state index contributed by atoms with van der Waals surface area (Å²) in [6, 6.07) is 10.4. The average Bonchev–Trinajstić information content (AvgIpc) is 3.48. The van der Waals surface area contributed by atoms with Gasteiger partial charge in [-0.25, -0.2) is 4.79 Å². The molecule has 2 N–H and O–H groups in total. The predicted octanol–water partition coefficient (Wildman–Crippen LogP) is 3.15. The minimum absolute atomic E-state index is 0.00286. The number of hydrogen-bond acceptors (Lipinski definition) is 5. The second kappa shape index (κ2) is 7.57. The van der Waals surface area contributed by atoms with Crippen molar-refractivity contribution < 1.29 is 28.9 Å². The number of carboxylic acids is 1. The quantitative estimate of drug-likeness (QED) is 0.776. The van der Waals surface area contributed by atoms with Gasteiger partial charge < -0.3 is 24.6 Å². The maximum Gasteiger partial charge on any atom is 0.335 e. The van der Waals surface area contributed by atoms with Gasteiger partial charge in [0, 0.05) is 5.92 Å². The van der Waals surface area contributed by atoms with Gasteiger partial charge in [0.25, 0.3) is 0 Å². The van der Waals surface area contributed by atoms with Crippen LogP contribution in [-0.2, 0) is 4.79 Å². The first-order valence-corrected chi connectivity index (χ1v) is 8.42. The molecular weight excluding hydrogens is 350 g/mol. The van der Waals surface area contributed by atoms with Gasteiger partial charge in [-0.1, -0.05) is 12.1 Å². The van der Waals surface area contributed by atoms with E-state index in [0.717, 1.165) is 17.7 Å². The highest BCUT2D eigenvalue weighted by molar-refractivity contribution is 5.99. The molecule has 0 spiro atoms. The first-order valence-electron chi connectivity index (χ1n) is 8.42. The molecular formula is C20H21NO6. The van der Waals surface area contributed by atoms with E-state index in [-0.39, 0.29) is 40.5 Å². The number of carboxylic acid groups (broad SMARTS) is 1. The molecule has 7 heteroatoms.